The van der Waals surface area contributed by atoms with Crippen LogP contribution in [0, 0.1) is 0 Å². The van der Waals surface area contributed by atoms with Crippen LogP contribution in [0.5, 0.6) is 0 Å². The number of fused-ring (bicyclic) bond motifs is 1. The van der Waals surface area contributed by atoms with E-state index in [1.807, 2.05) is 6.92 Å². The van der Waals surface area contributed by atoms with Gasteiger partial charge in [0.15, 0.2) is 11.6 Å². The molecule has 0 aromatic rings. The van der Waals surface area contributed by atoms with Gasteiger partial charge < -0.3 is 28.8 Å². The molecule has 2 saturated heterocycles. The van der Waals surface area contributed by atoms with Crippen molar-refractivity contribution in [1.29, 1.82) is 0 Å². The molecular formula is C19H28O7. The van der Waals surface area contributed by atoms with Gasteiger partial charge in [-0.05, 0) is 26.7 Å². The van der Waals surface area contributed by atoms with E-state index in [-0.39, 0.29) is 18.8 Å². The molecule has 2 aliphatic heterocycles. The lowest BCUT2D eigenvalue weighted by molar-refractivity contribution is -0.319. The van der Waals surface area contributed by atoms with Crippen molar-refractivity contribution in [1.82, 2.24) is 0 Å². The zero-order valence-electron chi connectivity index (χ0n) is 15.4. The van der Waals surface area contributed by atoms with Crippen molar-refractivity contribution in [2.24, 2.45) is 0 Å². The number of esters is 1. The van der Waals surface area contributed by atoms with E-state index in [0.717, 1.165) is 25.7 Å². The zero-order valence-corrected chi connectivity index (χ0v) is 15.4. The average Bonchev–Trinajstić information content (AvgIpc) is 2.95. The highest BCUT2D eigenvalue weighted by molar-refractivity contribution is 5.86. The fraction of sp³-hybridized carbons (Fsp3) is 0.842. The van der Waals surface area contributed by atoms with Gasteiger partial charge in [-0.2, -0.15) is 0 Å². The summed E-state index contributed by atoms with van der Waals surface area (Å²) in [4.78, 5) is 11.7. The minimum absolute atomic E-state index is 0.0770. The fourth-order valence-corrected chi connectivity index (χ4v) is 4.03. The van der Waals surface area contributed by atoms with Crippen LogP contribution < -0.4 is 0 Å². The van der Waals surface area contributed by atoms with Crippen molar-refractivity contribution in [3.05, 3.63) is 12.2 Å². The molecule has 4 rings (SSSR count). The molecule has 0 aromatic carbocycles. The molecule has 1 spiro atoms. The van der Waals surface area contributed by atoms with Crippen LogP contribution in [0.2, 0.25) is 0 Å². The quantitative estimate of drug-likeness (QED) is 0.450. The van der Waals surface area contributed by atoms with Gasteiger partial charge in [0.1, 0.15) is 31.0 Å². The summed E-state index contributed by atoms with van der Waals surface area (Å²) in [5, 5.41) is 10.5. The molecule has 2 heterocycles. The molecule has 4 fully saturated rings. The maximum atomic E-state index is 11.7. The summed E-state index contributed by atoms with van der Waals surface area (Å²) in [6.45, 7) is 7.17. The van der Waals surface area contributed by atoms with Gasteiger partial charge in [-0.1, -0.05) is 6.58 Å². The summed E-state index contributed by atoms with van der Waals surface area (Å²) >= 11 is 0. The van der Waals surface area contributed by atoms with E-state index in [0.29, 0.717) is 18.4 Å². The highest BCUT2D eigenvalue weighted by atomic mass is 16.8. The number of rotatable bonds is 5. The summed E-state index contributed by atoms with van der Waals surface area (Å²) in [7, 11) is 0. The highest BCUT2D eigenvalue weighted by Crippen LogP contribution is 2.49. The highest BCUT2D eigenvalue weighted by Gasteiger charge is 2.60. The van der Waals surface area contributed by atoms with E-state index < -0.39 is 35.9 Å². The Kier molecular flexibility index (Phi) is 4.64. The molecule has 26 heavy (non-hydrogen) atoms. The standard InChI is InChI=1S/C19H28O7/c1-11(2)17(20)22-10-13-15-16(26-19(25-15)8-5-9-19)14(12(3)23-13)24-18(21)6-4-7-18/h12-16,21H,1,4-10H2,2-3H3/t12-,13+,14-,15-,16+/m0/s1. The SMILES string of the molecule is C=C(C)C(=O)OC[C@H]1O[C@@H](C)[C@H](OC2(O)CCC2)[C@H]2OC3(CCC3)O[C@H]21. The lowest BCUT2D eigenvalue weighted by Gasteiger charge is -2.46. The molecule has 2 saturated carbocycles. The maximum absolute atomic E-state index is 11.7. The van der Waals surface area contributed by atoms with E-state index in [4.69, 9.17) is 23.7 Å². The second-order valence-corrected chi connectivity index (χ2v) is 8.07. The van der Waals surface area contributed by atoms with Crippen LogP contribution >= 0.6 is 0 Å². The lowest BCUT2D eigenvalue weighted by atomic mass is 9.89. The first-order valence-electron chi connectivity index (χ1n) is 9.55. The molecule has 7 heteroatoms. The Bertz CT molecular complexity index is 580. The van der Waals surface area contributed by atoms with Crippen LogP contribution in [0.4, 0.5) is 0 Å². The molecule has 4 aliphatic rings. The Morgan fingerprint density at radius 2 is 1.85 bits per heavy atom. The van der Waals surface area contributed by atoms with Gasteiger partial charge >= 0.3 is 5.97 Å². The molecule has 0 bridgehead atoms. The van der Waals surface area contributed by atoms with Gasteiger partial charge in [-0.3, -0.25) is 0 Å². The molecule has 0 amide bonds. The molecular weight excluding hydrogens is 340 g/mol. The Morgan fingerprint density at radius 1 is 1.19 bits per heavy atom. The van der Waals surface area contributed by atoms with Gasteiger partial charge in [0.25, 0.3) is 0 Å². The third kappa shape index (κ3) is 3.20. The summed E-state index contributed by atoms with van der Waals surface area (Å²) in [5.41, 5.74) is 0.345. The third-order valence-corrected chi connectivity index (χ3v) is 5.90. The molecule has 1 N–H and O–H groups in total. The number of carbonyl (C=O) groups excluding carboxylic acids is 1. The summed E-state index contributed by atoms with van der Waals surface area (Å²) < 4.78 is 29.9. The predicted octanol–water partition coefficient (Wildman–Crippen LogP) is 1.81. The molecule has 146 valence electrons. The largest absolute Gasteiger partial charge is 0.459 e. The van der Waals surface area contributed by atoms with E-state index in [1.54, 1.807) is 6.92 Å². The summed E-state index contributed by atoms with van der Waals surface area (Å²) in [6, 6.07) is 0. The van der Waals surface area contributed by atoms with Crippen molar-refractivity contribution < 1.29 is 33.6 Å². The average molecular weight is 368 g/mol. The molecule has 0 unspecified atom stereocenters. The van der Waals surface area contributed by atoms with Crippen LogP contribution in [0.3, 0.4) is 0 Å². The maximum Gasteiger partial charge on any atom is 0.333 e. The Hall–Kier alpha value is -0.990. The minimum Gasteiger partial charge on any atom is -0.459 e. The van der Waals surface area contributed by atoms with E-state index in [2.05, 4.69) is 6.58 Å². The first-order chi connectivity index (χ1) is 12.3. The van der Waals surface area contributed by atoms with Crippen LogP contribution in [0.1, 0.15) is 52.4 Å². The van der Waals surface area contributed by atoms with Crippen molar-refractivity contribution in [2.75, 3.05) is 6.61 Å². The van der Waals surface area contributed by atoms with E-state index >= 15 is 0 Å². The minimum atomic E-state index is -1.09. The van der Waals surface area contributed by atoms with Gasteiger partial charge in [0.05, 0.1) is 6.10 Å². The number of hydrogen-bond acceptors (Lipinski definition) is 7. The predicted molar refractivity (Wildman–Crippen MR) is 90.1 cm³/mol. The second kappa shape index (κ2) is 6.56. The van der Waals surface area contributed by atoms with Crippen LogP contribution in [-0.2, 0) is 28.5 Å². The number of ether oxygens (including phenoxy) is 5. The van der Waals surface area contributed by atoms with Gasteiger partial charge in [-0.25, -0.2) is 4.79 Å². The first-order valence-corrected chi connectivity index (χ1v) is 9.55. The topological polar surface area (TPSA) is 83.5 Å². The van der Waals surface area contributed by atoms with E-state index in [9.17, 15) is 9.90 Å². The number of carbonyl (C=O) groups is 1. The van der Waals surface area contributed by atoms with Crippen LogP contribution in [-0.4, -0.2) is 59.8 Å². The van der Waals surface area contributed by atoms with Crippen molar-refractivity contribution in [2.45, 2.75) is 94.5 Å². The molecule has 7 nitrogen and oxygen atoms in total. The Morgan fingerprint density at radius 3 is 2.38 bits per heavy atom. The summed E-state index contributed by atoms with van der Waals surface area (Å²) in [6.07, 6.45) is 3.02. The Labute approximate surface area is 153 Å². The Balaban J connectivity index is 1.49. The van der Waals surface area contributed by atoms with Gasteiger partial charge in [0, 0.05) is 31.3 Å². The normalized spacial score (nSPS) is 39.6. The first kappa shape index (κ1) is 18.4. The van der Waals surface area contributed by atoms with Crippen molar-refractivity contribution >= 4 is 5.97 Å². The molecule has 5 atom stereocenters. The second-order valence-electron chi connectivity index (χ2n) is 8.07. The molecule has 0 aromatic heterocycles. The monoisotopic (exact) mass is 368 g/mol. The van der Waals surface area contributed by atoms with Gasteiger partial charge in [0.2, 0.25) is 0 Å². The summed E-state index contributed by atoms with van der Waals surface area (Å²) in [5.74, 6) is -2.12. The van der Waals surface area contributed by atoms with Crippen molar-refractivity contribution in [3.63, 3.8) is 0 Å². The molecule has 2 aliphatic carbocycles. The number of aliphatic hydroxyl groups is 1. The van der Waals surface area contributed by atoms with Crippen LogP contribution in [0.25, 0.3) is 0 Å². The van der Waals surface area contributed by atoms with Crippen molar-refractivity contribution in [3.8, 4) is 0 Å². The smallest absolute Gasteiger partial charge is 0.333 e. The van der Waals surface area contributed by atoms with Gasteiger partial charge in [-0.15, -0.1) is 0 Å². The third-order valence-electron chi connectivity index (χ3n) is 5.90. The lowest BCUT2D eigenvalue weighted by Crippen LogP contribution is -2.60. The fourth-order valence-electron chi connectivity index (χ4n) is 4.03. The zero-order chi connectivity index (χ0) is 18.5. The number of hydrogen-bond donors (Lipinski definition) is 1. The van der Waals surface area contributed by atoms with E-state index in [1.165, 1.54) is 0 Å². The van der Waals surface area contributed by atoms with Crippen LogP contribution in [0.15, 0.2) is 12.2 Å². The molecule has 0 radical (unpaired) electrons.